The fourth-order valence-corrected chi connectivity index (χ4v) is 7.78. The Hall–Kier alpha value is -1.92. The number of sulfonamides is 1. The molecule has 1 atom stereocenters. The molecule has 11 heteroatoms. The van der Waals surface area contributed by atoms with Gasteiger partial charge in [0.05, 0.1) is 10.2 Å². The number of nitrogens with zero attached hydrogens (tertiary/aromatic N) is 4. The third-order valence-corrected chi connectivity index (χ3v) is 9.94. The average molecular weight is 511 g/mol. The van der Waals surface area contributed by atoms with Crippen LogP contribution in [-0.2, 0) is 14.8 Å². The minimum atomic E-state index is -3.76. The monoisotopic (exact) mass is 510 g/mol. The van der Waals surface area contributed by atoms with Crippen molar-refractivity contribution in [1.82, 2.24) is 14.2 Å². The topological polar surface area (TPSA) is 73.8 Å². The molecule has 3 heterocycles. The van der Waals surface area contributed by atoms with Gasteiger partial charge in [-0.2, -0.15) is 4.31 Å². The Morgan fingerprint density at radius 2 is 2.06 bits per heavy atom. The number of rotatable bonds is 8. The summed E-state index contributed by atoms with van der Waals surface area (Å²) in [4.78, 5) is 22.1. The van der Waals surface area contributed by atoms with Crippen molar-refractivity contribution in [3.05, 3.63) is 41.5 Å². The maximum Gasteiger partial charge on any atom is 0.253 e. The molecule has 1 saturated heterocycles. The summed E-state index contributed by atoms with van der Waals surface area (Å²) in [6.45, 7) is 1.49. The second-order valence-corrected chi connectivity index (χ2v) is 12.4. The highest BCUT2D eigenvalue weighted by atomic mass is 32.2. The highest BCUT2D eigenvalue weighted by Crippen LogP contribution is 2.33. The Bertz CT molecular complexity index is 1210. The van der Waals surface area contributed by atoms with Crippen molar-refractivity contribution in [1.29, 1.82) is 0 Å². The van der Waals surface area contributed by atoms with E-state index in [0.29, 0.717) is 41.3 Å². The molecular formula is C22H27FN4O3S3. The van der Waals surface area contributed by atoms with Crippen LogP contribution in [0.5, 0.6) is 0 Å². The molecule has 33 heavy (non-hydrogen) atoms. The lowest BCUT2D eigenvalue weighted by Crippen LogP contribution is -2.53. The van der Waals surface area contributed by atoms with E-state index in [1.165, 1.54) is 27.8 Å². The molecule has 0 radical (unpaired) electrons. The van der Waals surface area contributed by atoms with Gasteiger partial charge in [0.2, 0.25) is 5.91 Å². The zero-order valence-electron chi connectivity index (χ0n) is 18.6. The molecular weight excluding hydrogens is 483 g/mol. The number of hydrogen-bond acceptors (Lipinski definition) is 7. The van der Waals surface area contributed by atoms with Gasteiger partial charge in [0.25, 0.3) is 10.0 Å². The number of thiazole rings is 1. The lowest BCUT2D eigenvalue weighted by Gasteiger charge is -2.36. The number of fused-ring (bicyclic) bond motifs is 1. The van der Waals surface area contributed by atoms with Crippen LogP contribution in [0.25, 0.3) is 10.2 Å². The molecule has 2 aromatic heterocycles. The molecule has 3 aromatic rings. The number of benzene rings is 1. The summed E-state index contributed by atoms with van der Waals surface area (Å²) in [5.41, 5.74) is 0.619. The summed E-state index contributed by atoms with van der Waals surface area (Å²) in [5.74, 6) is -0.628. The zero-order valence-corrected chi connectivity index (χ0v) is 21.1. The normalized spacial score (nSPS) is 17.6. The summed E-state index contributed by atoms with van der Waals surface area (Å²) < 4.78 is 42.6. The van der Waals surface area contributed by atoms with Crippen LogP contribution in [0.15, 0.2) is 39.9 Å². The van der Waals surface area contributed by atoms with Crippen LogP contribution in [0.1, 0.15) is 25.7 Å². The number of hydrogen-bond donors (Lipinski definition) is 0. The minimum Gasteiger partial charge on any atom is -0.309 e. The lowest BCUT2D eigenvalue weighted by atomic mass is 10.0. The number of carbonyl (C=O) groups excluding carboxylic acids is 1. The summed E-state index contributed by atoms with van der Waals surface area (Å²) in [5, 5.41) is 2.19. The molecule has 1 amide bonds. The fraction of sp³-hybridized carbons (Fsp3) is 0.455. The van der Waals surface area contributed by atoms with Gasteiger partial charge in [-0.1, -0.05) is 23.8 Å². The van der Waals surface area contributed by atoms with E-state index in [1.807, 2.05) is 19.0 Å². The SMILES string of the molecule is CN(C)CCCN(C(=O)C1CCCCN1S(=O)(=O)c1cccs1)c1nc2ccc(F)cc2s1. The fourth-order valence-electron chi connectivity index (χ4n) is 3.99. The summed E-state index contributed by atoms with van der Waals surface area (Å²) in [7, 11) is 0.160. The average Bonchev–Trinajstić information content (AvgIpc) is 3.46. The third-order valence-electron chi connectivity index (χ3n) is 5.62. The van der Waals surface area contributed by atoms with Crippen LogP contribution >= 0.6 is 22.7 Å². The molecule has 1 unspecified atom stereocenters. The van der Waals surface area contributed by atoms with Crippen molar-refractivity contribution in [2.45, 2.75) is 35.9 Å². The lowest BCUT2D eigenvalue weighted by molar-refractivity contribution is -0.123. The molecule has 1 aliphatic heterocycles. The molecule has 1 fully saturated rings. The van der Waals surface area contributed by atoms with Gasteiger partial charge >= 0.3 is 0 Å². The van der Waals surface area contributed by atoms with Crippen molar-refractivity contribution in [3.63, 3.8) is 0 Å². The van der Waals surface area contributed by atoms with Crippen molar-refractivity contribution in [3.8, 4) is 0 Å². The Morgan fingerprint density at radius 3 is 2.79 bits per heavy atom. The van der Waals surface area contributed by atoms with E-state index >= 15 is 0 Å². The van der Waals surface area contributed by atoms with Gasteiger partial charge in [-0.25, -0.2) is 17.8 Å². The summed E-state index contributed by atoms with van der Waals surface area (Å²) >= 11 is 2.41. The van der Waals surface area contributed by atoms with Gasteiger partial charge in [0.15, 0.2) is 5.13 Å². The summed E-state index contributed by atoms with van der Waals surface area (Å²) in [6, 6.07) is 6.85. The maximum absolute atomic E-state index is 13.8. The summed E-state index contributed by atoms with van der Waals surface area (Å²) in [6.07, 6.45) is 2.67. The van der Waals surface area contributed by atoms with E-state index in [2.05, 4.69) is 4.98 Å². The first-order chi connectivity index (χ1) is 15.8. The van der Waals surface area contributed by atoms with Crippen LogP contribution in [0.2, 0.25) is 0 Å². The van der Waals surface area contributed by atoms with Crippen molar-refractivity contribution in [2.75, 3.05) is 38.6 Å². The van der Waals surface area contributed by atoms with Gasteiger partial charge in [-0.15, -0.1) is 11.3 Å². The standard InChI is InChI=1S/C22H27FN4O3S3/c1-25(2)11-6-12-26(22-24-17-10-9-16(23)15-19(17)32-22)21(28)18-7-3-4-13-27(18)33(29,30)20-8-5-14-31-20/h5,8-10,14-15,18H,3-4,6-7,11-13H2,1-2H3. The second-order valence-electron chi connectivity index (χ2n) is 8.31. The van der Waals surface area contributed by atoms with Crippen molar-refractivity contribution < 1.29 is 17.6 Å². The van der Waals surface area contributed by atoms with Crippen LogP contribution in [0.3, 0.4) is 0 Å². The molecule has 0 saturated carbocycles. The molecule has 0 aliphatic carbocycles. The van der Waals surface area contributed by atoms with E-state index in [1.54, 1.807) is 28.5 Å². The Kier molecular flexibility index (Phi) is 7.44. The second kappa shape index (κ2) is 10.1. The van der Waals surface area contributed by atoms with Gasteiger partial charge in [-0.3, -0.25) is 9.69 Å². The van der Waals surface area contributed by atoms with Crippen LogP contribution in [-0.4, -0.2) is 68.3 Å². The van der Waals surface area contributed by atoms with Gasteiger partial charge < -0.3 is 4.90 Å². The predicted octanol–water partition coefficient (Wildman–Crippen LogP) is 4.03. The predicted molar refractivity (Wildman–Crippen MR) is 131 cm³/mol. The molecule has 1 aliphatic rings. The van der Waals surface area contributed by atoms with Crippen LogP contribution in [0, 0.1) is 5.82 Å². The van der Waals surface area contributed by atoms with Crippen molar-refractivity contribution >= 4 is 54.0 Å². The molecule has 0 N–H and O–H groups in total. The Balaban J connectivity index is 1.67. The van der Waals surface area contributed by atoms with E-state index < -0.39 is 16.1 Å². The first-order valence-corrected chi connectivity index (χ1v) is 14.0. The van der Waals surface area contributed by atoms with Gasteiger partial charge in [-0.05, 0) is 69.5 Å². The number of piperidine rings is 1. The Morgan fingerprint density at radius 1 is 1.24 bits per heavy atom. The number of aromatic nitrogens is 1. The van der Waals surface area contributed by atoms with E-state index in [9.17, 15) is 17.6 Å². The van der Waals surface area contributed by atoms with E-state index in [-0.39, 0.29) is 15.9 Å². The van der Waals surface area contributed by atoms with Crippen LogP contribution in [0.4, 0.5) is 9.52 Å². The van der Waals surface area contributed by atoms with Crippen LogP contribution < -0.4 is 4.90 Å². The maximum atomic E-state index is 13.8. The smallest absolute Gasteiger partial charge is 0.253 e. The number of anilines is 1. The first-order valence-electron chi connectivity index (χ1n) is 10.8. The highest BCUT2D eigenvalue weighted by molar-refractivity contribution is 7.91. The van der Waals surface area contributed by atoms with E-state index in [0.717, 1.165) is 30.7 Å². The first kappa shape index (κ1) is 24.2. The number of halogens is 1. The van der Waals surface area contributed by atoms with Gasteiger partial charge in [0, 0.05) is 13.1 Å². The largest absolute Gasteiger partial charge is 0.309 e. The Labute approximate surface area is 201 Å². The third kappa shape index (κ3) is 5.27. The van der Waals surface area contributed by atoms with E-state index in [4.69, 9.17) is 0 Å². The zero-order chi connectivity index (χ0) is 23.6. The molecule has 0 bridgehead atoms. The number of amides is 1. The molecule has 0 spiro atoms. The molecule has 7 nitrogen and oxygen atoms in total. The molecule has 4 rings (SSSR count). The quantitative estimate of drug-likeness (QED) is 0.458. The number of thiophene rings is 1. The highest BCUT2D eigenvalue weighted by Gasteiger charge is 2.40. The minimum absolute atomic E-state index is 0.247. The van der Waals surface area contributed by atoms with Crippen molar-refractivity contribution in [2.24, 2.45) is 0 Å². The molecule has 1 aromatic carbocycles. The number of carbonyl (C=O) groups is 1. The van der Waals surface area contributed by atoms with Gasteiger partial charge in [0.1, 0.15) is 16.1 Å². The molecule has 178 valence electrons.